The Morgan fingerprint density at radius 3 is 3.00 bits per heavy atom. The van der Waals surface area contributed by atoms with Gasteiger partial charge >= 0.3 is 0 Å². The van der Waals surface area contributed by atoms with Crippen LogP contribution in [-0.2, 0) is 6.42 Å². The molecule has 0 bridgehead atoms. The first kappa shape index (κ1) is 7.51. The summed E-state index contributed by atoms with van der Waals surface area (Å²) in [7, 11) is 0. The lowest BCUT2D eigenvalue weighted by Gasteiger charge is -1.87. The van der Waals surface area contributed by atoms with Gasteiger partial charge < -0.3 is 0 Å². The predicted molar refractivity (Wildman–Crippen MR) is 44.2 cm³/mol. The molecule has 0 radical (unpaired) electrons. The van der Waals surface area contributed by atoms with Crippen molar-refractivity contribution >= 4 is 38.9 Å². The number of aryl methyl sites for hydroxylation is 1. The van der Waals surface area contributed by atoms with Crippen LogP contribution in [0.2, 0.25) is 0 Å². The molecule has 0 fully saturated rings. The Kier molecular flexibility index (Phi) is 2.95. The van der Waals surface area contributed by atoms with Gasteiger partial charge in [-0.1, -0.05) is 0 Å². The van der Waals surface area contributed by atoms with Gasteiger partial charge in [-0.3, -0.25) is 0 Å². The summed E-state index contributed by atoms with van der Waals surface area (Å²) in [6.07, 6.45) is 0.910. The zero-order valence-electron chi connectivity index (χ0n) is 4.60. The van der Waals surface area contributed by atoms with E-state index in [4.69, 9.17) is 11.6 Å². The average Bonchev–Trinajstić information content (AvgIpc) is 2.18. The topological polar surface area (TPSA) is 12.9 Å². The number of hydrogen-bond donors (Lipinski definition) is 0. The summed E-state index contributed by atoms with van der Waals surface area (Å²) in [6, 6.07) is 0. The second-order valence-electron chi connectivity index (χ2n) is 1.51. The number of aromatic nitrogens is 1. The Hall–Kier alpha value is 0.400. The first-order valence-corrected chi connectivity index (χ1v) is 4.69. The molecule has 0 aliphatic rings. The van der Waals surface area contributed by atoms with Crippen LogP contribution in [0.15, 0.2) is 10.1 Å². The van der Waals surface area contributed by atoms with Gasteiger partial charge in [0.2, 0.25) is 0 Å². The highest BCUT2D eigenvalue weighted by atomic mass is 79.9. The van der Waals surface area contributed by atoms with Crippen molar-refractivity contribution in [1.29, 1.82) is 0 Å². The monoisotopic (exact) mass is 225 g/mol. The highest BCUT2D eigenvalue weighted by Crippen LogP contribution is 2.19. The van der Waals surface area contributed by atoms with E-state index in [-0.39, 0.29) is 0 Å². The van der Waals surface area contributed by atoms with E-state index in [9.17, 15) is 0 Å². The van der Waals surface area contributed by atoms with Gasteiger partial charge in [-0.05, 0) is 22.4 Å². The summed E-state index contributed by atoms with van der Waals surface area (Å²) in [5.41, 5.74) is 1.81. The highest BCUT2D eigenvalue weighted by molar-refractivity contribution is 9.10. The lowest BCUT2D eigenvalue weighted by molar-refractivity contribution is 1.15. The molecule has 0 saturated heterocycles. The number of hydrogen-bond acceptors (Lipinski definition) is 2. The summed E-state index contributed by atoms with van der Waals surface area (Å²) in [5.74, 6) is 0.667. The maximum Gasteiger partial charge on any atom is 0.120 e. The van der Waals surface area contributed by atoms with Crippen LogP contribution in [0.4, 0.5) is 0 Å². The largest absolute Gasteiger partial charge is 0.237 e. The zero-order chi connectivity index (χ0) is 6.69. The van der Waals surface area contributed by atoms with Crippen LogP contribution in [0.3, 0.4) is 0 Å². The minimum absolute atomic E-state index is 0.667. The Morgan fingerprint density at radius 2 is 2.56 bits per heavy atom. The minimum Gasteiger partial charge on any atom is -0.237 e. The summed E-state index contributed by atoms with van der Waals surface area (Å²) < 4.78 is 0.938. The van der Waals surface area contributed by atoms with Crippen molar-refractivity contribution in [1.82, 2.24) is 4.98 Å². The third kappa shape index (κ3) is 1.92. The van der Waals surface area contributed by atoms with E-state index in [1.165, 1.54) is 4.88 Å². The van der Waals surface area contributed by atoms with Crippen molar-refractivity contribution in [2.75, 3.05) is 5.88 Å². The van der Waals surface area contributed by atoms with Crippen molar-refractivity contribution in [2.24, 2.45) is 0 Å². The normalized spacial score (nSPS) is 10.0. The van der Waals surface area contributed by atoms with Gasteiger partial charge in [-0.2, -0.15) is 0 Å². The molecule has 1 nitrogen and oxygen atoms in total. The maximum atomic E-state index is 5.52. The van der Waals surface area contributed by atoms with Crippen LogP contribution in [0.25, 0.3) is 0 Å². The molecule has 0 N–H and O–H groups in total. The van der Waals surface area contributed by atoms with Gasteiger partial charge in [0.15, 0.2) is 0 Å². The average molecular weight is 227 g/mol. The number of halogens is 2. The Morgan fingerprint density at radius 1 is 1.78 bits per heavy atom. The minimum atomic E-state index is 0.667. The van der Waals surface area contributed by atoms with E-state index in [0.29, 0.717) is 5.88 Å². The standard InChI is InChI=1S/C5H5BrClNS/c6-5-4(1-2-7)9-3-8-5/h3H,1-2H2. The van der Waals surface area contributed by atoms with Crippen molar-refractivity contribution in [3.63, 3.8) is 0 Å². The molecular formula is C5H5BrClNS. The molecule has 0 aliphatic carbocycles. The Bertz CT molecular complexity index is 189. The molecule has 50 valence electrons. The van der Waals surface area contributed by atoms with Crippen molar-refractivity contribution < 1.29 is 0 Å². The molecule has 0 unspecified atom stereocenters. The van der Waals surface area contributed by atoms with E-state index >= 15 is 0 Å². The molecule has 0 amide bonds. The van der Waals surface area contributed by atoms with E-state index < -0.39 is 0 Å². The number of nitrogens with zero attached hydrogens (tertiary/aromatic N) is 1. The van der Waals surface area contributed by atoms with Crippen LogP contribution in [0.5, 0.6) is 0 Å². The summed E-state index contributed by atoms with van der Waals surface area (Å²) >= 11 is 10.5. The third-order valence-electron chi connectivity index (χ3n) is 0.913. The lowest BCUT2D eigenvalue weighted by Crippen LogP contribution is -1.80. The van der Waals surface area contributed by atoms with Crippen LogP contribution >= 0.6 is 38.9 Å². The molecule has 9 heavy (non-hydrogen) atoms. The van der Waals surface area contributed by atoms with Gasteiger partial charge in [-0.15, -0.1) is 22.9 Å². The van der Waals surface area contributed by atoms with Crippen molar-refractivity contribution in [2.45, 2.75) is 6.42 Å². The molecule has 0 spiro atoms. The fourth-order valence-electron chi connectivity index (χ4n) is 0.505. The molecule has 1 aromatic rings. The molecule has 1 heterocycles. The van der Waals surface area contributed by atoms with Crippen molar-refractivity contribution in [3.8, 4) is 0 Å². The predicted octanol–water partition coefficient (Wildman–Crippen LogP) is 2.69. The van der Waals surface area contributed by atoms with Gasteiger partial charge in [0, 0.05) is 10.8 Å². The van der Waals surface area contributed by atoms with E-state index in [1.807, 2.05) is 5.51 Å². The fourth-order valence-corrected chi connectivity index (χ4v) is 2.18. The molecular weight excluding hydrogens is 221 g/mol. The molecule has 0 atom stereocenters. The second-order valence-corrected chi connectivity index (χ2v) is 3.57. The van der Waals surface area contributed by atoms with Crippen LogP contribution in [0.1, 0.15) is 4.88 Å². The molecule has 0 aromatic carbocycles. The first-order chi connectivity index (χ1) is 4.34. The smallest absolute Gasteiger partial charge is 0.120 e. The first-order valence-electron chi connectivity index (χ1n) is 2.48. The van der Waals surface area contributed by atoms with E-state index in [0.717, 1.165) is 11.0 Å². The summed E-state index contributed by atoms with van der Waals surface area (Å²) in [6.45, 7) is 0. The molecule has 1 rings (SSSR count). The van der Waals surface area contributed by atoms with E-state index in [2.05, 4.69) is 20.9 Å². The van der Waals surface area contributed by atoms with Crippen LogP contribution in [-0.4, -0.2) is 10.9 Å². The fraction of sp³-hybridized carbons (Fsp3) is 0.400. The third-order valence-corrected chi connectivity index (χ3v) is 2.94. The van der Waals surface area contributed by atoms with Crippen molar-refractivity contribution in [3.05, 3.63) is 15.0 Å². The van der Waals surface area contributed by atoms with Gasteiger partial charge in [0.25, 0.3) is 0 Å². The van der Waals surface area contributed by atoms with Gasteiger partial charge in [-0.25, -0.2) is 4.98 Å². The Balaban J connectivity index is 2.69. The molecule has 0 aliphatic heterocycles. The number of rotatable bonds is 2. The maximum absolute atomic E-state index is 5.52. The van der Waals surface area contributed by atoms with Crippen LogP contribution < -0.4 is 0 Å². The molecule has 0 saturated carbocycles. The molecule has 1 aromatic heterocycles. The summed E-state index contributed by atoms with van der Waals surface area (Å²) in [4.78, 5) is 5.24. The summed E-state index contributed by atoms with van der Waals surface area (Å²) in [5, 5.41) is 0. The lowest BCUT2D eigenvalue weighted by atomic mass is 10.4. The van der Waals surface area contributed by atoms with Gasteiger partial charge in [0.1, 0.15) is 4.60 Å². The highest BCUT2D eigenvalue weighted by Gasteiger charge is 1.99. The quantitative estimate of drug-likeness (QED) is 0.707. The molecule has 4 heteroatoms. The SMILES string of the molecule is ClCCc1scnc1Br. The van der Waals surface area contributed by atoms with Crippen LogP contribution in [0, 0.1) is 0 Å². The second kappa shape index (κ2) is 3.54. The zero-order valence-corrected chi connectivity index (χ0v) is 7.76. The number of thiazole rings is 1. The number of alkyl halides is 1. The Labute approximate surface area is 71.2 Å². The van der Waals surface area contributed by atoms with E-state index in [1.54, 1.807) is 11.3 Å². The van der Waals surface area contributed by atoms with Gasteiger partial charge in [0.05, 0.1) is 5.51 Å².